The number of ketones is 1. The van der Waals surface area contributed by atoms with Crippen LogP contribution in [0.5, 0.6) is 0 Å². The van der Waals surface area contributed by atoms with Crippen LogP contribution in [-0.2, 0) is 11.2 Å². The molecule has 1 atom stereocenters. The smallest absolute Gasteiger partial charge is 0.130 e. The van der Waals surface area contributed by atoms with Gasteiger partial charge in [-0.05, 0) is 48.9 Å². The molecule has 0 fully saturated rings. The Kier molecular flexibility index (Phi) is 5.54. The van der Waals surface area contributed by atoms with Gasteiger partial charge in [0.1, 0.15) is 5.78 Å². The van der Waals surface area contributed by atoms with Gasteiger partial charge in [0.05, 0.1) is 0 Å². The summed E-state index contributed by atoms with van der Waals surface area (Å²) in [6.07, 6.45) is 2.63. The molecule has 0 saturated carbocycles. The lowest BCUT2D eigenvalue weighted by atomic mass is 9.88. The van der Waals surface area contributed by atoms with Crippen molar-refractivity contribution in [1.29, 1.82) is 0 Å². The number of halogens is 1. The molecule has 0 aliphatic rings. The molecule has 0 bridgehead atoms. The summed E-state index contributed by atoms with van der Waals surface area (Å²) in [5.74, 6) is 0.562. The predicted octanol–water partition coefficient (Wildman–Crippen LogP) is 5.14. The molecule has 0 aliphatic carbocycles. The lowest BCUT2D eigenvalue weighted by Gasteiger charge is -2.16. The number of hydrogen-bond donors (Lipinski definition) is 0. The van der Waals surface area contributed by atoms with E-state index in [1.54, 1.807) is 6.92 Å². The van der Waals surface area contributed by atoms with Gasteiger partial charge in [-0.3, -0.25) is 0 Å². The summed E-state index contributed by atoms with van der Waals surface area (Å²) in [7, 11) is 0. The van der Waals surface area contributed by atoms with Crippen LogP contribution in [0, 0.1) is 0 Å². The van der Waals surface area contributed by atoms with Crippen LogP contribution in [0.15, 0.2) is 59.1 Å². The van der Waals surface area contributed by atoms with E-state index in [0.29, 0.717) is 12.3 Å². The van der Waals surface area contributed by atoms with Crippen LogP contribution in [-0.4, -0.2) is 5.78 Å². The molecular formula is C18H19BrO. The predicted molar refractivity (Wildman–Crippen MR) is 86.9 cm³/mol. The third-order valence-electron chi connectivity index (χ3n) is 3.50. The van der Waals surface area contributed by atoms with Crippen LogP contribution < -0.4 is 0 Å². The summed E-state index contributed by atoms with van der Waals surface area (Å²) >= 11 is 3.45. The molecule has 1 nitrogen and oxygen atoms in total. The Morgan fingerprint density at radius 3 is 2.30 bits per heavy atom. The highest BCUT2D eigenvalue weighted by Crippen LogP contribution is 2.27. The Labute approximate surface area is 129 Å². The summed E-state index contributed by atoms with van der Waals surface area (Å²) in [4.78, 5) is 11.5. The third kappa shape index (κ3) is 4.61. The van der Waals surface area contributed by atoms with Crippen molar-refractivity contribution in [3.8, 4) is 0 Å². The fourth-order valence-corrected chi connectivity index (χ4v) is 2.72. The second kappa shape index (κ2) is 7.39. The second-order valence-corrected chi connectivity index (χ2v) is 6.09. The zero-order chi connectivity index (χ0) is 14.4. The monoisotopic (exact) mass is 330 g/mol. The maximum Gasteiger partial charge on any atom is 0.130 e. The van der Waals surface area contributed by atoms with Gasteiger partial charge >= 0.3 is 0 Å². The molecule has 20 heavy (non-hydrogen) atoms. The Bertz CT molecular complexity index is 545. The van der Waals surface area contributed by atoms with E-state index in [9.17, 15) is 4.79 Å². The molecule has 2 aromatic rings. The van der Waals surface area contributed by atoms with E-state index >= 15 is 0 Å². The van der Waals surface area contributed by atoms with Crippen molar-refractivity contribution in [1.82, 2.24) is 0 Å². The Balaban J connectivity index is 2.07. The largest absolute Gasteiger partial charge is 0.300 e. The molecular weight excluding hydrogens is 312 g/mol. The van der Waals surface area contributed by atoms with E-state index < -0.39 is 0 Å². The first-order chi connectivity index (χ1) is 9.65. The molecule has 2 heteroatoms. The Morgan fingerprint density at radius 2 is 1.70 bits per heavy atom. The summed E-state index contributed by atoms with van der Waals surface area (Å²) < 4.78 is 1.07. The number of hydrogen-bond acceptors (Lipinski definition) is 1. The van der Waals surface area contributed by atoms with E-state index in [1.165, 1.54) is 11.1 Å². The summed E-state index contributed by atoms with van der Waals surface area (Å²) in [6.45, 7) is 1.67. The van der Waals surface area contributed by atoms with Crippen LogP contribution in [0.2, 0.25) is 0 Å². The molecule has 0 radical (unpaired) electrons. The minimum Gasteiger partial charge on any atom is -0.300 e. The van der Waals surface area contributed by atoms with Crippen LogP contribution in [0.1, 0.15) is 36.8 Å². The molecule has 0 spiro atoms. The molecule has 2 aromatic carbocycles. The van der Waals surface area contributed by atoms with Crippen LogP contribution in [0.25, 0.3) is 0 Å². The molecule has 0 amide bonds. The highest BCUT2D eigenvalue weighted by Gasteiger charge is 2.14. The molecule has 0 aromatic heterocycles. The van der Waals surface area contributed by atoms with Gasteiger partial charge in [-0.2, -0.15) is 0 Å². The number of carbonyl (C=O) groups is 1. The average molecular weight is 331 g/mol. The number of Topliss-reactive ketones (excluding diaryl/α,β-unsaturated/α-hetero) is 1. The SMILES string of the molecule is CC(=O)CC(CCc1ccccc1)c1ccc(Br)cc1. The average Bonchev–Trinajstić information content (AvgIpc) is 2.45. The summed E-state index contributed by atoms with van der Waals surface area (Å²) in [5, 5.41) is 0. The van der Waals surface area contributed by atoms with Gasteiger partial charge in [0.15, 0.2) is 0 Å². The van der Waals surface area contributed by atoms with Gasteiger partial charge in [-0.15, -0.1) is 0 Å². The number of benzene rings is 2. The first kappa shape index (κ1) is 15.0. The molecule has 0 saturated heterocycles. The zero-order valence-corrected chi connectivity index (χ0v) is 13.3. The highest BCUT2D eigenvalue weighted by molar-refractivity contribution is 9.10. The van der Waals surface area contributed by atoms with Gasteiger partial charge in [-0.25, -0.2) is 0 Å². The zero-order valence-electron chi connectivity index (χ0n) is 11.7. The minimum atomic E-state index is 0.256. The standard InChI is InChI=1S/C18H19BrO/c1-14(20)13-17(16-9-11-18(19)12-10-16)8-7-15-5-3-2-4-6-15/h2-6,9-12,17H,7-8,13H2,1H3. The topological polar surface area (TPSA) is 17.1 Å². The van der Waals surface area contributed by atoms with Crippen molar-refractivity contribution < 1.29 is 4.79 Å². The summed E-state index contributed by atoms with van der Waals surface area (Å²) in [5.41, 5.74) is 2.58. The van der Waals surface area contributed by atoms with E-state index in [2.05, 4.69) is 52.3 Å². The number of aryl methyl sites for hydroxylation is 1. The van der Waals surface area contributed by atoms with E-state index in [0.717, 1.165) is 17.3 Å². The number of rotatable bonds is 6. The van der Waals surface area contributed by atoms with Gasteiger partial charge in [0, 0.05) is 10.9 Å². The van der Waals surface area contributed by atoms with Gasteiger partial charge < -0.3 is 4.79 Å². The van der Waals surface area contributed by atoms with Crippen LogP contribution in [0.4, 0.5) is 0 Å². The Morgan fingerprint density at radius 1 is 1.05 bits per heavy atom. The van der Waals surface area contributed by atoms with Crippen molar-refractivity contribution in [2.45, 2.75) is 32.1 Å². The van der Waals surface area contributed by atoms with E-state index in [1.807, 2.05) is 18.2 Å². The van der Waals surface area contributed by atoms with Crippen molar-refractivity contribution in [3.05, 3.63) is 70.2 Å². The third-order valence-corrected chi connectivity index (χ3v) is 4.03. The van der Waals surface area contributed by atoms with Crippen LogP contribution in [0.3, 0.4) is 0 Å². The van der Waals surface area contributed by atoms with Crippen molar-refractivity contribution >= 4 is 21.7 Å². The highest BCUT2D eigenvalue weighted by atomic mass is 79.9. The van der Waals surface area contributed by atoms with Crippen molar-refractivity contribution in [2.24, 2.45) is 0 Å². The van der Waals surface area contributed by atoms with Crippen LogP contribution >= 0.6 is 15.9 Å². The maximum absolute atomic E-state index is 11.5. The molecule has 0 heterocycles. The van der Waals surface area contributed by atoms with E-state index in [-0.39, 0.29) is 5.78 Å². The Hall–Kier alpha value is -1.41. The first-order valence-electron chi connectivity index (χ1n) is 6.94. The van der Waals surface area contributed by atoms with Crippen molar-refractivity contribution in [3.63, 3.8) is 0 Å². The minimum absolute atomic E-state index is 0.256. The fraction of sp³-hybridized carbons (Fsp3) is 0.278. The first-order valence-corrected chi connectivity index (χ1v) is 7.73. The molecule has 0 N–H and O–H groups in total. The van der Waals surface area contributed by atoms with Gasteiger partial charge in [0.2, 0.25) is 0 Å². The van der Waals surface area contributed by atoms with Gasteiger partial charge in [0.25, 0.3) is 0 Å². The van der Waals surface area contributed by atoms with Crippen molar-refractivity contribution in [2.75, 3.05) is 0 Å². The maximum atomic E-state index is 11.5. The molecule has 2 rings (SSSR count). The fourth-order valence-electron chi connectivity index (χ4n) is 2.45. The molecule has 104 valence electrons. The molecule has 0 aliphatic heterocycles. The van der Waals surface area contributed by atoms with Gasteiger partial charge in [-0.1, -0.05) is 58.4 Å². The number of carbonyl (C=O) groups excluding carboxylic acids is 1. The lowest BCUT2D eigenvalue weighted by molar-refractivity contribution is -0.117. The second-order valence-electron chi connectivity index (χ2n) is 5.18. The molecule has 1 unspecified atom stereocenters. The summed E-state index contributed by atoms with van der Waals surface area (Å²) in [6, 6.07) is 18.8. The van der Waals surface area contributed by atoms with E-state index in [4.69, 9.17) is 0 Å². The normalized spacial score (nSPS) is 12.1. The quantitative estimate of drug-likeness (QED) is 0.716. The lowest BCUT2D eigenvalue weighted by Crippen LogP contribution is -2.06.